The summed E-state index contributed by atoms with van der Waals surface area (Å²) in [7, 11) is 0. The summed E-state index contributed by atoms with van der Waals surface area (Å²) in [5, 5.41) is 16.6. The van der Waals surface area contributed by atoms with Crippen molar-refractivity contribution in [3.8, 4) is 0 Å². The largest absolute Gasteiger partial charge is 0.383 e. The lowest BCUT2D eigenvalue weighted by atomic mass is 9.96. The highest BCUT2D eigenvalue weighted by Crippen LogP contribution is 2.18. The fourth-order valence-electron chi connectivity index (χ4n) is 2.99. The number of carbonyl (C=O) groups excluding carboxylic acids is 2. The van der Waals surface area contributed by atoms with E-state index in [2.05, 4.69) is 10.6 Å². The minimum absolute atomic E-state index is 0.0308. The van der Waals surface area contributed by atoms with Crippen LogP contribution in [0.15, 0.2) is 24.3 Å². The molecule has 1 saturated heterocycles. The molecule has 1 aromatic rings. The van der Waals surface area contributed by atoms with Gasteiger partial charge in [0.1, 0.15) is 0 Å². The van der Waals surface area contributed by atoms with Gasteiger partial charge in [-0.05, 0) is 25.0 Å². The number of nitrogens with one attached hydrogen (secondary N) is 2. The molecule has 26 heavy (non-hydrogen) atoms. The summed E-state index contributed by atoms with van der Waals surface area (Å²) in [6.45, 7) is 5.92. The molecule has 0 aliphatic carbocycles. The van der Waals surface area contributed by atoms with Crippen molar-refractivity contribution in [3.05, 3.63) is 34.4 Å². The highest BCUT2D eigenvalue weighted by molar-refractivity contribution is 5.82. The summed E-state index contributed by atoms with van der Waals surface area (Å²) in [6.07, 6.45) is 1.64. The minimum atomic E-state index is -0.443. The number of anilines is 1. The van der Waals surface area contributed by atoms with Crippen LogP contribution in [0.5, 0.6) is 0 Å². The Hall–Kier alpha value is -2.64. The first-order chi connectivity index (χ1) is 12.4. The Balaban J connectivity index is 1.72. The molecule has 1 heterocycles. The maximum absolute atomic E-state index is 12.3. The number of nitro groups is 1. The Morgan fingerprint density at radius 2 is 1.96 bits per heavy atom. The SMILES string of the molecule is CC(C)C(=O)N1CCCC(C(=O)NCCNc2ccc([N+](=O)[O-])cc2)C1. The second-order valence-corrected chi connectivity index (χ2v) is 6.80. The first-order valence-corrected chi connectivity index (χ1v) is 8.93. The molecule has 1 aliphatic rings. The number of benzene rings is 1. The Bertz CT molecular complexity index is 645. The number of hydrogen-bond acceptors (Lipinski definition) is 5. The predicted molar refractivity (Wildman–Crippen MR) is 98.7 cm³/mol. The lowest BCUT2D eigenvalue weighted by Crippen LogP contribution is -2.47. The Morgan fingerprint density at radius 3 is 2.58 bits per heavy atom. The van der Waals surface area contributed by atoms with E-state index in [0.717, 1.165) is 25.1 Å². The maximum Gasteiger partial charge on any atom is 0.269 e. The number of nitrogens with zero attached hydrogens (tertiary/aromatic N) is 2. The second kappa shape index (κ2) is 9.17. The summed E-state index contributed by atoms with van der Waals surface area (Å²) in [5.41, 5.74) is 0.804. The standard InChI is InChI=1S/C18H26N4O4/c1-13(2)18(24)21-11-3-4-14(12-21)17(23)20-10-9-19-15-5-7-16(8-6-15)22(25)26/h5-8,13-14,19H,3-4,9-12H2,1-2H3,(H,20,23). The van der Waals surface area contributed by atoms with Crippen LogP contribution >= 0.6 is 0 Å². The van der Waals surface area contributed by atoms with E-state index in [4.69, 9.17) is 0 Å². The van der Waals surface area contributed by atoms with Crippen molar-refractivity contribution >= 4 is 23.2 Å². The van der Waals surface area contributed by atoms with Gasteiger partial charge in [0.15, 0.2) is 0 Å². The van der Waals surface area contributed by atoms with Crippen molar-refractivity contribution in [2.75, 3.05) is 31.5 Å². The first kappa shape index (κ1) is 19.7. The van der Waals surface area contributed by atoms with E-state index in [0.29, 0.717) is 19.6 Å². The average molecular weight is 362 g/mol. The molecule has 0 bridgehead atoms. The Morgan fingerprint density at radius 1 is 1.27 bits per heavy atom. The molecule has 1 atom stereocenters. The van der Waals surface area contributed by atoms with Crippen molar-refractivity contribution in [2.45, 2.75) is 26.7 Å². The number of non-ortho nitro benzene ring substituents is 1. The quantitative estimate of drug-likeness (QED) is 0.439. The minimum Gasteiger partial charge on any atom is -0.383 e. The van der Waals surface area contributed by atoms with Gasteiger partial charge in [0.05, 0.1) is 10.8 Å². The molecule has 1 fully saturated rings. The van der Waals surface area contributed by atoms with E-state index < -0.39 is 4.92 Å². The third-order valence-corrected chi connectivity index (χ3v) is 4.43. The second-order valence-electron chi connectivity index (χ2n) is 6.80. The van der Waals surface area contributed by atoms with Gasteiger partial charge >= 0.3 is 0 Å². The number of likely N-dealkylation sites (tertiary alicyclic amines) is 1. The van der Waals surface area contributed by atoms with E-state index in [1.165, 1.54) is 12.1 Å². The van der Waals surface area contributed by atoms with Gasteiger partial charge < -0.3 is 15.5 Å². The predicted octanol–water partition coefficient (Wildman–Crippen LogP) is 2.02. The van der Waals surface area contributed by atoms with Crippen LogP contribution in [-0.2, 0) is 9.59 Å². The molecule has 2 N–H and O–H groups in total. The highest BCUT2D eigenvalue weighted by atomic mass is 16.6. The molecule has 2 amide bonds. The topological polar surface area (TPSA) is 105 Å². The highest BCUT2D eigenvalue weighted by Gasteiger charge is 2.29. The fraction of sp³-hybridized carbons (Fsp3) is 0.556. The van der Waals surface area contributed by atoms with Gasteiger partial charge in [-0.3, -0.25) is 19.7 Å². The maximum atomic E-state index is 12.3. The van der Waals surface area contributed by atoms with Crippen molar-refractivity contribution in [3.63, 3.8) is 0 Å². The van der Waals surface area contributed by atoms with Crippen LogP contribution in [0.25, 0.3) is 0 Å². The van der Waals surface area contributed by atoms with E-state index in [1.807, 2.05) is 13.8 Å². The Labute approximate surface area is 153 Å². The number of nitro benzene ring substituents is 1. The third kappa shape index (κ3) is 5.44. The van der Waals surface area contributed by atoms with E-state index in [-0.39, 0.29) is 29.3 Å². The molecular formula is C18H26N4O4. The third-order valence-electron chi connectivity index (χ3n) is 4.43. The van der Waals surface area contributed by atoms with Gasteiger partial charge in [-0.15, -0.1) is 0 Å². The molecule has 1 aliphatic heterocycles. The van der Waals surface area contributed by atoms with Crippen LogP contribution in [-0.4, -0.2) is 47.8 Å². The van der Waals surface area contributed by atoms with Crippen LogP contribution in [0.2, 0.25) is 0 Å². The molecule has 8 nitrogen and oxygen atoms in total. The molecule has 1 unspecified atom stereocenters. The van der Waals surface area contributed by atoms with Crippen LogP contribution in [0.3, 0.4) is 0 Å². The summed E-state index contributed by atoms with van der Waals surface area (Å²) in [6, 6.07) is 6.14. The summed E-state index contributed by atoms with van der Waals surface area (Å²) in [4.78, 5) is 36.4. The van der Waals surface area contributed by atoms with Gasteiger partial charge in [0.2, 0.25) is 11.8 Å². The molecule has 2 rings (SSSR count). The van der Waals surface area contributed by atoms with Gasteiger partial charge in [0, 0.05) is 49.9 Å². The molecule has 0 saturated carbocycles. The van der Waals surface area contributed by atoms with Crippen LogP contribution in [0.1, 0.15) is 26.7 Å². The van der Waals surface area contributed by atoms with Gasteiger partial charge in [-0.1, -0.05) is 13.8 Å². The Kier molecular flexibility index (Phi) is 6.94. The zero-order valence-corrected chi connectivity index (χ0v) is 15.2. The molecule has 0 spiro atoms. The summed E-state index contributed by atoms with van der Waals surface area (Å²) < 4.78 is 0. The lowest BCUT2D eigenvalue weighted by molar-refractivity contribution is -0.384. The lowest BCUT2D eigenvalue weighted by Gasteiger charge is -2.33. The molecule has 0 aromatic heterocycles. The van der Waals surface area contributed by atoms with Crippen molar-refractivity contribution < 1.29 is 14.5 Å². The van der Waals surface area contributed by atoms with Crippen molar-refractivity contribution in [2.24, 2.45) is 11.8 Å². The summed E-state index contributed by atoms with van der Waals surface area (Å²) in [5.74, 6) is -0.146. The zero-order chi connectivity index (χ0) is 19.1. The zero-order valence-electron chi connectivity index (χ0n) is 15.2. The van der Waals surface area contributed by atoms with Crippen molar-refractivity contribution in [1.29, 1.82) is 0 Å². The monoisotopic (exact) mass is 362 g/mol. The first-order valence-electron chi connectivity index (χ1n) is 8.93. The summed E-state index contributed by atoms with van der Waals surface area (Å²) >= 11 is 0. The number of rotatable bonds is 7. The molecule has 142 valence electrons. The van der Waals surface area contributed by atoms with E-state index >= 15 is 0 Å². The normalized spacial score (nSPS) is 17.0. The number of carbonyl (C=O) groups is 2. The number of hydrogen-bond donors (Lipinski definition) is 2. The van der Waals surface area contributed by atoms with Crippen molar-refractivity contribution in [1.82, 2.24) is 10.2 Å². The smallest absolute Gasteiger partial charge is 0.269 e. The molecule has 8 heteroatoms. The van der Waals surface area contributed by atoms with E-state index in [1.54, 1.807) is 17.0 Å². The molecular weight excluding hydrogens is 336 g/mol. The van der Waals surface area contributed by atoms with Gasteiger partial charge in [-0.2, -0.15) is 0 Å². The van der Waals surface area contributed by atoms with Gasteiger partial charge in [-0.25, -0.2) is 0 Å². The molecule has 0 radical (unpaired) electrons. The van der Waals surface area contributed by atoms with Crippen LogP contribution < -0.4 is 10.6 Å². The van der Waals surface area contributed by atoms with Crippen LogP contribution in [0, 0.1) is 22.0 Å². The number of amides is 2. The average Bonchev–Trinajstić information content (AvgIpc) is 2.64. The number of piperidine rings is 1. The van der Waals surface area contributed by atoms with Crippen LogP contribution in [0.4, 0.5) is 11.4 Å². The molecule has 1 aromatic carbocycles. The fourth-order valence-corrected chi connectivity index (χ4v) is 2.99. The van der Waals surface area contributed by atoms with Gasteiger partial charge in [0.25, 0.3) is 5.69 Å². The van der Waals surface area contributed by atoms with E-state index in [9.17, 15) is 19.7 Å².